The lowest BCUT2D eigenvalue weighted by Gasteiger charge is -2.22. The van der Waals surface area contributed by atoms with Gasteiger partial charge in [-0.25, -0.2) is 0 Å². The maximum atomic E-state index is 12.5. The van der Waals surface area contributed by atoms with E-state index in [4.69, 9.17) is 4.74 Å². The number of aliphatic hydroxyl groups excluding tert-OH is 2. The SMILES string of the molecule is CCCCCCCCC/C=C\CCCCCCCC(=O)OCCCCCCCCCCCCCC/C=C\CCCCCCCCCCCCCC(=O)NC(CO)C(O)CCCCCCCCCCCCCCC. The van der Waals surface area contributed by atoms with Gasteiger partial charge in [0.15, 0.2) is 0 Å². The Bertz CT molecular complexity index is 1140. The molecule has 0 aliphatic carbocycles. The Morgan fingerprint density at radius 3 is 0.973 bits per heavy atom. The summed E-state index contributed by atoms with van der Waals surface area (Å²) in [5.74, 6) is -0.0262. The molecule has 3 N–H and O–H groups in total. The summed E-state index contributed by atoms with van der Waals surface area (Å²) in [6.45, 7) is 4.97. The highest BCUT2D eigenvalue weighted by Crippen LogP contribution is 2.18. The molecule has 0 saturated heterocycles. The molecule has 0 aliphatic heterocycles. The van der Waals surface area contributed by atoms with Crippen molar-refractivity contribution in [3.63, 3.8) is 0 Å². The van der Waals surface area contributed by atoms with E-state index in [1.165, 1.54) is 289 Å². The van der Waals surface area contributed by atoms with Crippen LogP contribution in [-0.4, -0.2) is 47.4 Å². The minimum Gasteiger partial charge on any atom is -0.466 e. The van der Waals surface area contributed by atoms with Crippen LogP contribution in [0.5, 0.6) is 0 Å². The smallest absolute Gasteiger partial charge is 0.305 e. The molecule has 0 bridgehead atoms. The van der Waals surface area contributed by atoms with E-state index in [9.17, 15) is 19.8 Å². The average molecular weight is 1030 g/mol. The second-order valence-corrected chi connectivity index (χ2v) is 22.8. The first-order valence-corrected chi connectivity index (χ1v) is 33.1. The maximum absolute atomic E-state index is 12.5. The fourth-order valence-electron chi connectivity index (χ4n) is 10.4. The van der Waals surface area contributed by atoms with E-state index < -0.39 is 12.1 Å². The van der Waals surface area contributed by atoms with Gasteiger partial charge in [0, 0.05) is 12.8 Å². The molecule has 0 heterocycles. The minimum absolute atomic E-state index is 0.00819. The lowest BCUT2D eigenvalue weighted by molar-refractivity contribution is -0.143. The first-order valence-electron chi connectivity index (χ1n) is 33.1. The lowest BCUT2D eigenvalue weighted by Crippen LogP contribution is -2.45. The largest absolute Gasteiger partial charge is 0.466 e. The third-order valence-corrected chi connectivity index (χ3v) is 15.5. The zero-order valence-corrected chi connectivity index (χ0v) is 49.4. The molecule has 0 rings (SSSR count). The van der Waals surface area contributed by atoms with E-state index in [0.29, 0.717) is 25.9 Å². The number of rotatable bonds is 62. The Kier molecular flexibility index (Phi) is 61.4. The van der Waals surface area contributed by atoms with Gasteiger partial charge in [0.25, 0.3) is 0 Å². The molecule has 0 saturated carbocycles. The van der Waals surface area contributed by atoms with Gasteiger partial charge in [0.05, 0.1) is 25.4 Å². The topological polar surface area (TPSA) is 95.9 Å². The Morgan fingerprint density at radius 1 is 0.370 bits per heavy atom. The third kappa shape index (κ3) is 59.4. The van der Waals surface area contributed by atoms with Crippen LogP contribution in [0.15, 0.2) is 24.3 Å². The van der Waals surface area contributed by atoms with Crippen molar-refractivity contribution in [2.75, 3.05) is 13.2 Å². The summed E-state index contributed by atoms with van der Waals surface area (Å²) in [4.78, 5) is 24.5. The van der Waals surface area contributed by atoms with Gasteiger partial charge in [-0.1, -0.05) is 301 Å². The summed E-state index contributed by atoms with van der Waals surface area (Å²) in [5.41, 5.74) is 0. The van der Waals surface area contributed by atoms with Gasteiger partial charge in [-0.3, -0.25) is 9.59 Å². The zero-order valence-electron chi connectivity index (χ0n) is 49.4. The van der Waals surface area contributed by atoms with Crippen LogP contribution in [0.1, 0.15) is 367 Å². The van der Waals surface area contributed by atoms with Crippen molar-refractivity contribution in [3.05, 3.63) is 24.3 Å². The Balaban J connectivity index is 3.37. The molecule has 0 aliphatic rings. The Morgan fingerprint density at radius 2 is 0.644 bits per heavy atom. The number of unbranched alkanes of at least 4 members (excludes halogenated alkanes) is 47. The van der Waals surface area contributed by atoms with Gasteiger partial charge in [-0.15, -0.1) is 0 Å². The minimum atomic E-state index is -0.664. The summed E-state index contributed by atoms with van der Waals surface area (Å²) < 4.78 is 5.49. The predicted octanol–water partition coefficient (Wildman–Crippen LogP) is 21.0. The van der Waals surface area contributed by atoms with Crippen molar-refractivity contribution in [2.45, 2.75) is 379 Å². The second kappa shape index (κ2) is 62.9. The molecule has 432 valence electrons. The first kappa shape index (κ1) is 71.3. The highest BCUT2D eigenvalue weighted by molar-refractivity contribution is 5.76. The molecule has 0 spiro atoms. The van der Waals surface area contributed by atoms with Crippen LogP contribution in [0, 0.1) is 0 Å². The van der Waals surface area contributed by atoms with Crippen molar-refractivity contribution in [2.24, 2.45) is 0 Å². The van der Waals surface area contributed by atoms with Crippen LogP contribution in [-0.2, 0) is 14.3 Å². The van der Waals surface area contributed by atoms with Gasteiger partial charge in [0.2, 0.25) is 5.91 Å². The van der Waals surface area contributed by atoms with E-state index in [1.54, 1.807) is 0 Å². The number of hydrogen-bond donors (Lipinski definition) is 3. The number of esters is 1. The van der Waals surface area contributed by atoms with Gasteiger partial charge < -0.3 is 20.3 Å². The maximum Gasteiger partial charge on any atom is 0.305 e. The van der Waals surface area contributed by atoms with E-state index in [1.807, 2.05) is 0 Å². The summed E-state index contributed by atoms with van der Waals surface area (Å²) in [6, 6.07) is -0.541. The number of hydrogen-bond acceptors (Lipinski definition) is 5. The highest BCUT2D eigenvalue weighted by atomic mass is 16.5. The molecule has 73 heavy (non-hydrogen) atoms. The predicted molar refractivity (Wildman–Crippen MR) is 320 cm³/mol. The van der Waals surface area contributed by atoms with Crippen LogP contribution < -0.4 is 5.32 Å². The van der Waals surface area contributed by atoms with Crippen molar-refractivity contribution in [1.82, 2.24) is 5.32 Å². The Labute approximate surface area is 456 Å². The quantitative estimate of drug-likeness (QED) is 0.0320. The highest BCUT2D eigenvalue weighted by Gasteiger charge is 2.20. The Hall–Kier alpha value is -1.66. The van der Waals surface area contributed by atoms with E-state index in [0.717, 1.165) is 44.9 Å². The molecule has 2 unspecified atom stereocenters. The molecule has 0 radical (unpaired) electrons. The molecule has 0 aromatic rings. The van der Waals surface area contributed by atoms with Crippen molar-refractivity contribution in [3.8, 4) is 0 Å². The van der Waals surface area contributed by atoms with Crippen LogP contribution in [0.25, 0.3) is 0 Å². The van der Waals surface area contributed by atoms with Crippen LogP contribution in [0.2, 0.25) is 0 Å². The molecule has 2 atom stereocenters. The zero-order chi connectivity index (χ0) is 52.9. The van der Waals surface area contributed by atoms with Crippen molar-refractivity contribution >= 4 is 11.9 Å². The molecule has 1 amide bonds. The fraction of sp³-hybridized carbons (Fsp3) is 0.910. The molecule has 0 aromatic heterocycles. The average Bonchev–Trinajstić information content (AvgIpc) is 3.39. The van der Waals surface area contributed by atoms with Crippen molar-refractivity contribution < 1.29 is 24.5 Å². The van der Waals surface area contributed by atoms with Gasteiger partial charge >= 0.3 is 5.97 Å². The number of nitrogens with one attached hydrogen (secondary N) is 1. The molecule has 6 nitrogen and oxygen atoms in total. The van der Waals surface area contributed by atoms with Crippen LogP contribution >= 0.6 is 0 Å². The summed E-state index contributed by atoms with van der Waals surface area (Å²) in [6.07, 6.45) is 77.8. The molecule has 6 heteroatoms. The van der Waals surface area contributed by atoms with Gasteiger partial charge in [0.1, 0.15) is 0 Å². The summed E-state index contributed by atoms with van der Waals surface area (Å²) in [5, 5.41) is 23.3. The van der Waals surface area contributed by atoms with Crippen molar-refractivity contribution in [1.29, 1.82) is 0 Å². The number of carbonyl (C=O) groups is 2. The van der Waals surface area contributed by atoms with Gasteiger partial charge in [-0.2, -0.15) is 0 Å². The van der Waals surface area contributed by atoms with E-state index in [2.05, 4.69) is 43.5 Å². The van der Waals surface area contributed by atoms with E-state index in [-0.39, 0.29) is 18.5 Å². The lowest BCUT2D eigenvalue weighted by atomic mass is 10.0. The second-order valence-electron chi connectivity index (χ2n) is 22.8. The molecular formula is C67H129NO5. The first-order chi connectivity index (χ1) is 36.0. The van der Waals surface area contributed by atoms with Crippen LogP contribution in [0.4, 0.5) is 0 Å². The number of ether oxygens (including phenoxy) is 1. The third-order valence-electron chi connectivity index (χ3n) is 15.5. The summed E-state index contributed by atoms with van der Waals surface area (Å²) >= 11 is 0. The fourth-order valence-corrected chi connectivity index (χ4v) is 10.4. The number of allylic oxidation sites excluding steroid dienone is 4. The number of carbonyl (C=O) groups excluding carboxylic acids is 2. The standard InChI is InChI=1S/C67H129NO5/c1-3-5-7-9-11-13-15-17-18-33-37-41-45-49-53-57-61-67(72)73-62-58-54-50-46-42-38-34-31-29-27-25-23-21-19-20-22-24-26-28-30-32-36-40-44-48-52-56-60-66(71)68-64(63-69)65(70)59-55-51-47-43-39-35-16-14-12-10-8-6-4-2/h18-20,33,64-65,69-70H,3-17,21-32,34-63H2,1-2H3,(H,68,71)/b20-19-,33-18-. The number of amides is 1. The normalized spacial score (nSPS) is 12.7. The van der Waals surface area contributed by atoms with E-state index >= 15 is 0 Å². The number of aliphatic hydroxyl groups is 2. The van der Waals surface area contributed by atoms with Crippen LogP contribution in [0.3, 0.4) is 0 Å². The van der Waals surface area contributed by atoms with Gasteiger partial charge in [-0.05, 0) is 77.0 Å². The molecule has 0 fully saturated rings. The summed E-state index contributed by atoms with van der Waals surface area (Å²) in [7, 11) is 0. The molecule has 0 aromatic carbocycles. The monoisotopic (exact) mass is 1030 g/mol. The molecular weight excluding hydrogens is 899 g/mol.